The SMILES string of the molecule is COc1ccc(-c2cnn3c(C)cc(C)nc23)cc1S(=O)(=O)NCCCN1CCCCCC1. The smallest absolute Gasteiger partial charge is 0.244 e. The molecule has 4 rings (SSSR count). The zero-order chi connectivity index (χ0) is 23.4. The van der Waals surface area contributed by atoms with E-state index in [0.29, 0.717) is 17.9 Å². The van der Waals surface area contributed by atoms with Crippen LogP contribution < -0.4 is 9.46 Å². The summed E-state index contributed by atoms with van der Waals surface area (Å²) in [6.45, 7) is 7.42. The van der Waals surface area contributed by atoms with E-state index in [4.69, 9.17) is 4.74 Å². The molecular weight excluding hydrogens is 438 g/mol. The molecule has 0 amide bonds. The van der Waals surface area contributed by atoms with Crippen molar-refractivity contribution in [3.63, 3.8) is 0 Å². The molecule has 0 unspecified atom stereocenters. The predicted molar refractivity (Wildman–Crippen MR) is 129 cm³/mol. The maximum Gasteiger partial charge on any atom is 0.244 e. The van der Waals surface area contributed by atoms with Crippen LogP contribution in [-0.4, -0.2) is 61.2 Å². The lowest BCUT2D eigenvalue weighted by Crippen LogP contribution is -2.30. The molecule has 1 aliphatic rings. The lowest BCUT2D eigenvalue weighted by atomic mass is 10.1. The van der Waals surface area contributed by atoms with Gasteiger partial charge in [-0.1, -0.05) is 18.9 Å². The van der Waals surface area contributed by atoms with Crippen LogP contribution in [0.5, 0.6) is 5.75 Å². The Balaban J connectivity index is 1.54. The van der Waals surface area contributed by atoms with Crippen molar-refractivity contribution in [1.82, 2.24) is 24.2 Å². The Kier molecular flexibility index (Phi) is 7.31. The van der Waals surface area contributed by atoms with E-state index >= 15 is 0 Å². The van der Waals surface area contributed by atoms with Crippen LogP contribution in [0.3, 0.4) is 0 Å². The van der Waals surface area contributed by atoms with E-state index in [1.165, 1.54) is 32.8 Å². The number of ether oxygens (including phenoxy) is 1. The molecule has 8 nitrogen and oxygen atoms in total. The van der Waals surface area contributed by atoms with Gasteiger partial charge in [0.1, 0.15) is 10.6 Å². The van der Waals surface area contributed by atoms with Crippen LogP contribution in [0.2, 0.25) is 0 Å². The number of hydrogen-bond donors (Lipinski definition) is 1. The Bertz CT molecular complexity index is 1210. The summed E-state index contributed by atoms with van der Waals surface area (Å²) < 4.78 is 36.3. The number of sulfonamides is 1. The third kappa shape index (κ3) is 5.37. The first-order valence-corrected chi connectivity index (χ1v) is 13.1. The van der Waals surface area contributed by atoms with Gasteiger partial charge < -0.3 is 9.64 Å². The van der Waals surface area contributed by atoms with Crippen LogP contribution in [-0.2, 0) is 10.0 Å². The number of benzene rings is 1. The van der Waals surface area contributed by atoms with Crippen molar-refractivity contribution in [2.24, 2.45) is 0 Å². The molecule has 1 fully saturated rings. The highest BCUT2D eigenvalue weighted by Crippen LogP contribution is 2.31. The zero-order valence-electron chi connectivity index (χ0n) is 19.7. The van der Waals surface area contributed by atoms with E-state index in [2.05, 4.69) is 19.7 Å². The Morgan fingerprint density at radius 1 is 1.09 bits per heavy atom. The van der Waals surface area contributed by atoms with Crippen LogP contribution in [0.25, 0.3) is 16.8 Å². The predicted octanol–water partition coefficient (Wildman–Crippen LogP) is 3.57. The fourth-order valence-electron chi connectivity index (χ4n) is 4.48. The van der Waals surface area contributed by atoms with Gasteiger partial charge >= 0.3 is 0 Å². The van der Waals surface area contributed by atoms with E-state index < -0.39 is 10.0 Å². The van der Waals surface area contributed by atoms with E-state index in [9.17, 15) is 8.42 Å². The summed E-state index contributed by atoms with van der Waals surface area (Å²) >= 11 is 0. The summed E-state index contributed by atoms with van der Waals surface area (Å²) in [6, 6.07) is 7.14. The van der Waals surface area contributed by atoms with Gasteiger partial charge in [0.25, 0.3) is 0 Å². The van der Waals surface area contributed by atoms with Gasteiger partial charge in [0.15, 0.2) is 5.65 Å². The molecule has 9 heteroatoms. The minimum atomic E-state index is -3.74. The average molecular weight is 472 g/mol. The van der Waals surface area contributed by atoms with Crippen molar-refractivity contribution in [1.29, 1.82) is 0 Å². The van der Waals surface area contributed by atoms with Gasteiger partial charge in [0.05, 0.1) is 13.3 Å². The largest absolute Gasteiger partial charge is 0.495 e. The maximum atomic E-state index is 13.2. The summed E-state index contributed by atoms with van der Waals surface area (Å²) in [6.07, 6.45) is 7.54. The average Bonchev–Trinajstić information content (AvgIpc) is 3.04. The molecule has 0 radical (unpaired) electrons. The molecule has 1 saturated heterocycles. The molecule has 3 heterocycles. The number of hydrogen-bond acceptors (Lipinski definition) is 6. The van der Waals surface area contributed by atoms with Crippen LogP contribution in [0.1, 0.15) is 43.5 Å². The number of nitrogens with one attached hydrogen (secondary N) is 1. The highest BCUT2D eigenvalue weighted by Gasteiger charge is 2.22. The van der Waals surface area contributed by atoms with Crippen molar-refractivity contribution in [3.05, 3.63) is 41.9 Å². The van der Waals surface area contributed by atoms with Gasteiger partial charge in [0.2, 0.25) is 10.0 Å². The van der Waals surface area contributed by atoms with E-state index in [-0.39, 0.29) is 4.90 Å². The van der Waals surface area contributed by atoms with Gasteiger partial charge in [-0.05, 0) is 76.5 Å². The second-order valence-electron chi connectivity index (χ2n) is 8.71. The van der Waals surface area contributed by atoms with Crippen LogP contribution in [0, 0.1) is 13.8 Å². The Labute approximate surface area is 196 Å². The second-order valence-corrected chi connectivity index (χ2v) is 10.4. The molecule has 0 saturated carbocycles. The minimum Gasteiger partial charge on any atom is -0.495 e. The summed E-state index contributed by atoms with van der Waals surface area (Å²) in [5, 5.41) is 4.44. The van der Waals surface area contributed by atoms with E-state index in [0.717, 1.165) is 48.6 Å². The third-order valence-electron chi connectivity index (χ3n) is 6.18. The lowest BCUT2D eigenvalue weighted by molar-refractivity contribution is 0.282. The number of likely N-dealkylation sites (tertiary alicyclic amines) is 1. The second kappa shape index (κ2) is 10.2. The van der Waals surface area contributed by atoms with Gasteiger partial charge in [-0.25, -0.2) is 22.6 Å². The monoisotopic (exact) mass is 471 g/mol. The van der Waals surface area contributed by atoms with Crippen molar-refractivity contribution in [2.45, 2.75) is 50.8 Å². The van der Waals surface area contributed by atoms with Crippen molar-refractivity contribution < 1.29 is 13.2 Å². The Morgan fingerprint density at radius 3 is 2.58 bits per heavy atom. The first-order chi connectivity index (χ1) is 15.9. The topological polar surface area (TPSA) is 88.8 Å². The summed E-state index contributed by atoms with van der Waals surface area (Å²) in [5.41, 5.74) is 4.06. The Hall–Kier alpha value is -2.49. The highest BCUT2D eigenvalue weighted by molar-refractivity contribution is 7.89. The number of methoxy groups -OCH3 is 1. The maximum absolute atomic E-state index is 13.2. The number of fused-ring (bicyclic) bond motifs is 1. The zero-order valence-corrected chi connectivity index (χ0v) is 20.5. The summed E-state index contributed by atoms with van der Waals surface area (Å²) in [5.74, 6) is 0.315. The van der Waals surface area contributed by atoms with E-state index in [1.54, 1.807) is 22.8 Å². The molecule has 1 aromatic carbocycles. The molecule has 0 bridgehead atoms. The molecule has 3 aromatic rings. The normalized spacial score (nSPS) is 15.6. The Morgan fingerprint density at radius 2 is 1.85 bits per heavy atom. The van der Waals surface area contributed by atoms with Crippen LogP contribution in [0.4, 0.5) is 0 Å². The molecular formula is C24H33N5O3S. The van der Waals surface area contributed by atoms with Gasteiger partial charge in [-0.2, -0.15) is 5.10 Å². The quantitative estimate of drug-likeness (QED) is 0.505. The number of aryl methyl sites for hydroxylation is 2. The molecule has 178 valence electrons. The molecule has 33 heavy (non-hydrogen) atoms. The van der Waals surface area contributed by atoms with E-state index in [1.807, 2.05) is 26.0 Å². The first-order valence-electron chi connectivity index (χ1n) is 11.6. The van der Waals surface area contributed by atoms with Crippen LogP contribution in [0.15, 0.2) is 35.4 Å². The fourth-order valence-corrected chi connectivity index (χ4v) is 5.74. The number of aromatic nitrogens is 3. The lowest BCUT2D eigenvalue weighted by Gasteiger charge is -2.19. The van der Waals surface area contributed by atoms with Crippen LogP contribution >= 0.6 is 0 Å². The van der Waals surface area contributed by atoms with Gasteiger partial charge in [-0.15, -0.1) is 0 Å². The van der Waals surface area contributed by atoms with Crippen molar-refractivity contribution in [3.8, 4) is 16.9 Å². The molecule has 0 spiro atoms. The minimum absolute atomic E-state index is 0.126. The van der Waals surface area contributed by atoms with Gasteiger partial charge in [0, 0.05) is 23.5 Å². The molecule has 1 N–H and O–H groups in total. The molecule has 2 aromatic heterocycles. The van der Waals surface area contributed by atoms with Gasteiger partial charge in [-0.3, -0.25) is 0 Å². The molecule has 1 aliphatic heterocycles. The molecule has 0 atom stereocenters. The third-order valence-corrected chi connectivity index (χ3v) is 7.67. The highest BCUT2D eigenvalue weighted by atomic mass is 32.2. The number of nitrogens with zero attached hydrogens (tertiary/aromatic N) is 4. The number of rotatable bonds is 8. The van der Waals surface area contributed by atoms with Crippen molar-refractivity contribution >= 4 is 15.7 Å². The summed E-state index contributed by atoms with van der Waals surface area (Å²) in [7, 11) is -2.25. The molecule has 0 aliphatic carbocycles. The first kappa shape index (κ1) is 23.7. The fraction of sp³-hybridized carbons (Fsp3) is 0.500. The summed E-state index contributed by atoms with van der Waals surface area (Å²) in [4.78, 5) is 7.18. The van der Waals surface area contributed by atoms with Crippen molar-refractivity contribution in [2.75, 3.05) is 33.3 Å². The standard InChI is InChI=1S/C24H33N5O3S/c1-18-15-19(2)29-24(27-18)21(17-25-29)20-9-10-22(32-3)23(16-20)33(30,31)26-11-8-14-28-12-6-4-5-7-13-28/h9-10,15-17,26H,4-8,11-14H2,1-3H3.